The summed E-state index contributed by atoms with van der Waals surface area (Å²) in [5.74, 6) is 5.22. The average Bonchev–Trinajstić information content (AvgIpc) is 2.96. The Morgan fingerprint density at radius 1 is 1.45 bits per heavy atom. The summed E-state index contributed by atoms with van der Waals surface area (Å²) < 4.78 is 11.1. The van der Waals surface area contributed by atoms with Crippen molar-refractivity contribution < 1.29 is 9.26 Å². The van der Waals surface area contributed by atoms with E-state index in [1.165, 1.54) is 0 Å². The molecular weight excluding hydrogens is 274 g/mol. The van der Waals surface area contributed by atoms with E-state index >= 15 is 0 Å². The van der Waals surface area contributed by atoms with Gasteiger partial charge in [0.2, 0.25) is 11.7 Å². The molecule has 5 nitrogen and oxygen atoms in total. The molecule has 3 rings (SSSR count). The Bertz CT molecular complexity index is 635. The minimum absolute atomic E-state index is 0.181. The van der Waals surface area contributed by atoms with Crippen molar-refractivity contribution in [1.82, 2.24) is 15.5 Å². The van der Waals surface area contributed by atoms with Crippen LogP contribution in [0.3, 0.4) is 0 Å². The van der Waals surface area contributed by atoms with Crippen LogP contribution in [0.1, 0.15) is 17.8 Å². The Labute approximate surface area is 121 Å². The van der Waals surface area contributed by atoms with Gasteiger partial charge in [0, 0.05) is 10.6 Å². The van der Waals surface area contributed by atoms with Crippen LogP contribution in [0, 0.1) is 12.3 Å². The predicted molar refractivity (Wildman–Crippen MR) is 75.4 cm³/mol. The van der Waals surface area contributed by atoms with Gasteiger partial charge in [0.25, 0.3) is 0 Å². The third-order valence-corrected chi connectivity index (χ3v) is 3.90. The van der Waals surface area contributed by atoms with E-state index in [1.807, 2.05) is 24.3 Å². The molecule has 1 aliphatic rings. The second-order valence-corrected chi connectivity index (χ2v) is 5.28. The molecular formula is C14H13N3O2S. The molecule has 20 heavy (non-hydrogen) atoms. The molecule has 0 saturated carbocycles. The third-order valence-electron chi connectivity index (χ3n) is 2.78. The Hall–Kier alpha value is -1.97. The van der Waals surface area contributed by atoms with Gasteiger partial charge in [0.1, 0.15) is 5.75 Å². The van der Waals surface area contributed by atoms with Crippen LogP contribution in [0.5, 0.6) is 5.75 Å². The van der Waals surface area contributed by atoms with Crippen LogP contribution in [0.15, 0.2) is 33.7 Å². The first-order chi connectivity index (χ1) is 9.86. The summed E-state index contributed by atoms with van der Waals surface area (Å²) in [7, 11) is 0. The smallest absolute Gasteiger partial charge is 0.240 e. The highest BCUT2D eigenvalue weighted by atomic mass is 32.2. The molecule has 0 bridgehead atoms. The Morgan fingerprint density at radius 2 is 2.35 bits per heavy atom. The number of aromatic nitrogens is 2. The fourth-order valence-electron chi connectivity index (χ4n) is 1.86. The van der Waals surface area contributed by atoms with Crippen LogP contribution < -0.4 is 10.1 Å². The van der Waals surface area contributed by atoms with Crippen LogP contribution in [-0.2, 0) is 6.54 Å². The van der Waals surface area contributed by atoms with Gasteiger partial charge in [-0.3, -0.25) is 5.32 Å². The lowest BCUT2D eigenvalue weighted by Gasteiger charge is -2.22. The molecule has 0 spiro atoms. The maximum atomic E-state index is 5.90. The Morgan fingerprint density at radius 3 is 3.25 bits per heavy atom. The summed E-state index contributed by atoms with van der Waals surface area (Å²) in [4.78, 5) is 5.47. The van der Waals surface area contributed by atoms with Gasteiger partial charge in [0.15, 0.2) is 6.10 Å². The third kappa shape index (κ3) is 2.79. The molecule has 2 heterocycles. The number of terminal acetylenes is 1. The van der Waals surface area contributed by atoms with Crippen LogP contribution in [0.25, 0.3) is 0 Å². The summed E-state index contributed by atoms with van der Waals surface area (Å²) in [6, 6.07) is 7.94. The average molecular weight is 287 g/mol. The molecule has 1 unspecified atom stereocenters. The van der Waals surface area contributed by atoms with Crippen molar-refractivity contribution in [1.29, 1.82) is 0 Å². The van der Waals surface area contributed by atoms with E-state index in [1.54, 1.807) is 11.8 Å². The van der Waals surface area contributed by atoms with Crippen molar-refractivity contribution in [3.63, 3.8) is 0 Å². The number of hydrogen-bond donors (Lipinski definition) is 1. The maximum absolute atomic E-state index is 5.90. The van der Waals surface area contributed by atoms with Crippen molar-refractivity contribution in [2.45, 2.75) is 17.5 Å². The highest BCUT2D eigenvalue weighted by molar-refractivity contribution is 7.99. The van der Waals surface area contributed by atoms with E-state index in [9.17, 15) is 0 Å². The van der Waals surface area contributed by atoms with Crippen molar-refractivity contribution in [2.75, 3.05) is 12.3 Å². The van der Waals surface area contributed by atoms with E-state index in [-0.39, 0.29) is 6.10 Å². The first-order valence-corrected chi connectivity index (χ1v) is 7.20. The fourth-order valence-corrected chi connectivity index (χ4v) is 2.84. The molecule has 1 atom stereocenters. The van der Waals surface area contributed by atoms with Gasteiger partial charge in [0.05, 0.1) is 13.1 Å². The van der Waals surface area contributed by atoms with Gasteiger partial charge < -0.3 is 9.26 Å². The highest BCUT2D eigenvalue weighted by Gasteiger charge is 2.25. The van der Waals surface area contributed by atoms with Gasteiger partial charge in [-0.15, -0.1) is 18.2 Å². The summed E-state index contributed by atoms with van der Waals surface area (Å²) in [5.41, 5.74) is 0. The van der Waals surface area contributed by atoms with Crippen molar-refractivity contribution in [2.24, 2.45) is 0 Å². The van der Waals surface area contributed by atoms with Crippen LogP contribution in [0.2, 0.25) is 0 Å². The second-order valence-electron chi connectivity index (χ2n) is 4.22. The standard InChI is InChI=1S/C14H13N3O2S/c1-2-7-15-8-13-16-14(17-19-13)11-9-20-12-6-4-3-5-10(12)18-11/h1,3-6,11,15H,7-9H2. The topological polar surface area (TPSA) is 60.2 Å². The lowest BCUT2D eigenvalue weighted by molar-refractivity contribution is 0.205. The van der Waals surface area contributed by atoms with Gasteiger partial charge in [-0.05, 0) is 12.1 Å². The molecule has 1 N–H and O–H groups in total. The van der Waals surface area contributed by atoms with E-state index in [0.29, 0.717) is 24.8 Å². The zero-order valence-electron chi connectivity index (χ0n) is 10.7. The molecule has 2 aromatic rings. The Kier molecular flexibility index (Phi) is 3.90. The second kappa shape index (κ2) is 5.99. The molecule has 1 aromatic heterocycles. The number of benzene rings is 1. The van der Waals surface area contributed by atoms with Crippen LogP contribution in [0.4, 0.5) is 0 Å². The number of fused-ring (bicyclic) bond motifs is 1. The lowest BCUT2D eigenvalue weighted by Crippen LogP contribution is -2.17. The molecule has 0 aliphatic carbocycles. The number of nitrogens with one attached hydrogen (secondary N) is 1. The van der Waals surface area contributed by atoms with E-state index in [4.69, 9.17) is 15.7 Å². The normalized spacial score (nSPS) is 17.1. The van der Waals surface area contributed by atoms with E-state index in [0.717, 1.165) is 16.4 Å². The molecule has 1 aromatic carbocycles. The van der Waals surface area contributed by atoms with E-state index < -0.39 is 0 Å². The zero-order valence-corrected chi connectivity index (χ0v) is 11.5. The molecule has 6 heteroatoms. The fraction of sp³-hybridized carbons (Fsp3) is 0.286. The molecule has 102 valence electrons. The minimum atomic E-state index is -0.181. The molecule has 0 fully saturated rings. The maximum Gasteiger partial charge on any atom is 0.240 e. The monoisotopic (exact) mass is 287 g/mol. The van der Waals surface area contributed by atoms with Crippen LogP contribution >= 0.6 is 11.8 Å². The zero-order chi connectivity index (χ0) is 13.8. The van der Waals surface area contributed by atoms with Gasteiger partial charge >= 0.3 is 0 Å². The van der Waals surface area contributed by atoms with Gasteiger partial charge in [-0.25, -0.2) is 0 Å². The number of ether oxygens (including phenoxy) is 1. The first kappa shape index (κ1) is 13.0. The molecule has 0 radical (unpaired) electrons. The first-order valence-electron chi connectivity index (χ1n) is 6.22. The molecule has 1 aliphatic heterocycles. The lowest BCUT2D eigenvalue weighted by atomic mass is 10.3. The number of thioether (sulfide) groups is 1. The van der Waals surface area contributed by atoms with Crippen LogP contribution in [-0.4, -0.2) is 22.4 Å². The number of nitrogens with zero attached hydrogens (tertiary/aromatic N) is 2. The summed E-state index contributed by atoms with van der Waals surface area (Å²) in [6.45, 7) is 0.939. The van der Waals surface area contributed by atoms with Gasteiger partial charge in [-0.1, -0.05) is 23.2 Å². The van der Waals surface area contributed by atoms with Crippen molar-refractivity contribution >= 4 is 11.8 Å². The molecule has 0 saturated heterocycles. The molecule has 0 amide bonds. The van der Waals surface area contributed by atoms with Crippen molar-refractivity contribution in [3.05, 3.63) is 36.0 Å². The summed E-state index contributed by atoms with van der Waals surface area (Å²) in [5, 5.41) is 6.98. The highest BCUT2D eigenvalue weighted by Crippen LogP contribution is 2.39. The van der Waals surface area contributed by atoms with Crippen molar-refractivity contribution in [3.8, 4) is 18.1 Å². The van der Waals surface area contributed by atoms with Gasteiger partial charge in [-0.2, -0.15) is 4.98 Å². The number of hydrogen-bond acceptors (Lipinski definition) is 6. The summed E-state index contributed by atoms with van der Waals surface area (Å²) in [6.07, 6.45) is 4.98. The predicted octanol–water partition coefficient (Wildman–Crippen LogP) is 2.02. The minimum Gasteiger partial charge on any atom is -0.480 e. The largest absolute Gasteiger partial charge is 0.480 e. The number of rotatable bonds is 4. The SMILES string of the molecule is C#CCNCc1nc(C2CSc3ccccc3O2)no1. The van der Waals surface area contributed by atoms with E-state index in [2.05, 4.69) is 21.4 Å². The summed E-state index contributed by atoms with van der Waals surface area (Å²) >= 11 is 1.73. The Balaban J connectivity index is 1.67. The number of para-hydroxylation sites is 1. The quantitative estimate of drug-likeness (QED) is 0.686.